The lowest BCUT2D eigenvalue weighted by Gasteiger charge is -2.07. The van der Waals surface area contributed by atoms with Gasteiger partial charge in [-0.2, -0.15) is 0 Å². The van der Waals surface area contributed by atoms with Crippen molar-refractivity contribution >= 4 is 22.4 Å². The fraction of sp³-hybridized carbons (Fsp3) is 0.182. The molecule has 0 saturated carbocycles. The van der Waals surface area contributed by atoms with Crippen LogP contribution in [0.15, 0.2) is 24.4 Å². The number of nitrogens with zero attached hydrogens (tertiary/aromatic N) is 1. The smallest absolute Gasteiger partial charge is 0.221 e. The summed E-state index contributed by atoms with van der Waals surface area (Å²) in [5, 5.41) is 2.42. The zero-order valence-corrected chi connectivity index (χ0v) is 9.21. The number of halogens is 1. The highest BCUT2D eigenvalue weighted by molar-refractivity contribution is 6.33. The number of ether oxygens (including phenoxy) is 2. The second kappa shape index (κ2) is 3.95. The van der Waals surface area contributed by atoms with Crippen LogP contribution >= 0.6 is 11.6 Å². The first-order valence-electron chi connectivity index (χ1n) is 4.42. The molecule has 0 bridgehead atoms. The average Bonchev–Trinajstić information content (AvgIpc) is 2.27. The maximum Gasteiger partial charge on any atom is 0.221 e. The molecule has 1 aromatic heterocycles. The summed E-state index contributed by atoms with van der Waals surface area (Å²) in [6.45, 7) is 0. The Labute approximate surface area is 92.6 Å². The maximum absolute atomic E-state index is 6.02. The third-order valence-corrected chi connectivity index (χ3v) is 2.49. The van der Waals surface area contributed by atoms with Gasteiger partial charge in [-0.25, -0.2) is 4.98 Å². The van der Waals surface area contributed by atoms with Crippen molar-refractivity contribution in [2.75, 3.05) is 14.2 Å². The van der Waals surface area contributed by atoms with E-state index >= 15 is 0 Å². The van der Waals surface area contributed by atoms with Gasteiger partial charge in [0.15, 0.2) is 0 Å². The lowest BCUT2D eigenvalue weighted by Crippen LogP contribution is -1.90. The van der Waals surface area contributed by atoms with Gasteiger partial charge in [0.1, 0.15) is 5.75 Å². The second-order valence-corrected chi connectivity index (χ2v) is 3.44. The first-order chi connectivity index (χ1) is 7.26. The average molecular weight is 224 g/mol. The number of aromatic nitrogens is 1. The van der Waals surface area contributed by atoms with E-state index in [2.05, 4.69) is 4.98 Å². The number of benzene rings is 1. The van der Waals surface area contributed by atoms with Gasteiger partial charge < -0.3 is 9.47 Å². The fourth-order valence-corrected chi connectivity index (χ4v) is 1.71. The molecule has 0 unspecified atom stereocenters. The Balaban J connectivity index is 2.74. The van der Waals surface area contributed by atoms with Crippen LogP contribution in [0.5, 0.6) is 11.6 Å². The van der Waals surface area contributed by atoms with Gasteiger partial charge in [0.25, 0.3) is 0 Å². The van der Waals surface area contributed by atoms with Crippen LogP contribution in [-0.2, 0) is 0 Å². The molecule has 78 valence electrons. The summed E-state index contributed by atoms with van der Waals surface area (Å²) in [7, 11) is 3.17. The molecule has 2 rings (SSSR count). The van der Waals surface area contributed by atoms with Gasteiger partial charge in [-0.3, -0.25) is 0 Å². The molecule has 4 heteroatoms. The summed E-state index contributed by atoms with van der Waals surface area (Å²) < 4.78 is 10.3. The molecular weight excluding hydrogens is 214 g/mol. The van der Waals surface area contributed by atoms with Gasteiger partial charge in [0.2, 0.25) is 5.88 Å². The van der Waals surface area contributed by atoms with Crippen LogP contribution < -0.4 is 9.47 Å². The molecule has 0 aliphatic heterocycles. The molecule has 0 N–H and O–H groups in total. The predicted octanol–water partition coefficient (Wildman–Crippen LogP) is 2.91. The third kappa shape index (κ3) is 1.70. The minimum atomic E-state index is 0.552. The summed E-state index contributed by atoms with van der Waals surface area (Å²) in [6.07, 6.45) is 1.69. The van der Waals surface area contributed by atoms with Crippen LogP contribution in [0, 0.1) is 0 Å². The monoisotopic (exact) mass is 223 g/mol. The molecule has 1 aromatic carbocycles. The van der Waals surface area contributed by atoms with Crippen LogP contribution in [0.4, 0.5) is 0 Å². The Bertz CT molecular complexity index is 499. The van der Waals surface area contributed by atoms with Crippen LogP contribution in [0.25, 0.3) is 10.8 Å². The topological polar surface area (TPSA) is 31.4 Å². The van der Waals surface area contributed by atoms with Crippen LogP contribution in [0.3, 0.4) is 0 Å². The van der Waals surface area contributed by atoms with Crippen molar-refractivity contribution in [3.05, 3.63) is 29.4 Å². The molecule has 0 aliphatic rings. The van der Waals surface area contributed by atoms with Crippen LogP contribution in [-0.4, -0.2) is 19.2 Å². The van der Waals surface area contributed by atoms with Crippen molar-refractivity contribution in [2.45, 2.75) is 0 Å². The van der Waals surface area contributed by atoms with Crippen molar-refractivity contribution in [2.24, 2.45) is 0 Å². The summed E-state index contributed by atoms with van der Waals surface area (Å²) in [5.74, 6) is 1.22. The molecule has 0 amide bonds. The van der Waals surface area contributed by atoms with E-state index in [1.165, 1.54) is 0 Å². The molecule has 0 aliphatic carbocycles. The van der Waals surface area contributed by atoms with E-state index < -0.39 is 0 Å². The molecule has 0 fully saturated rings. The van der Waals surface area contributed by atoms with E-state index in [0.29, 0.717) is 16.7 Å². The minimum absolute atomic E-state index is 0.552. The molecule has 1 heterocycles. The van der Waals surface area contributed by atoms with E-state index in [-0.39, 0.29) is 0 Å². The number of pyridine rings is 1. The zero-order chi connectivity index (χ0) is 10.8. The highest BCUT2D eigenvalue weighted by Crippen LogP contribution is 2.33. The SMILES string of the molecule is COc1cc2ccnc(OC)c2cc1Cl. The predicted molar refractivity (Wildman–Crippen MR) is 59.9 cm³/mol. The van der Waals surface area contributed by atoms with Crippen molar-refractivity contribution in [1.82, 2.24) is 4.98 Å². The summed E-state index contributed by atoms with van der Waals surface area (Å²) in [5.41, 5.74) is 0. The Morgan fingerprint density at radius 1 is 1.20 bits per heavy atom. The summed E-state index contributed by atoms with van der Waals surface area (Å²) in [6, 6.07) is 5.54. The van der Waals surface area contributed by atoms with Gasteiger partial charge in [0.05, 0.1) is 19.2 Å². The van der Waals surface area contributed by atoms with Gasteiger partial charge in [0, 0.05) is 11.6 Å². The standard InChI is InChI=1S/C11H10ClNO2/c1-14-10-5-7-3-4-13-11(15-2)8(7)6-9(10)12/h3-6H,1-2H3. The minimum Gasteiger partial charge on any atom is -0.495 e. The molecule has 0 atom stereocenters. The van der Waals surface area contributed by atoms with E-state index in [1.807, 2.05) is 12.1 Å². The fourth-order valence-electron chi connectivity index (χ4n) is 1.47. The van der Waals surface area contributed by atoms with Gasteiger partial charge in [-0.15, -0.1) is 0 Å². The molecule has 0 spiro atoms. The highest BCUT2D eigenvalue weighted by Gasteiger charge is 2.07. The normalized spacial score (nSPS) is 10.3. The maximum atomic E-state index is 6.02. The molecule has 0 radical (unpaired) electrons. The lowest BCUT2D eigenvalue weighted by atomic mass is 10.1. The first-order valence-corrected chi connectivity index (χ1v) is 4.80. The summed E-state index contributed by atoms with van der Waals surface area (Å²) in [4.78, 5) is 4.10. The molecule has 15 heavy (non-hydrogen) atoms. The Hall–Kier alpha value is -1.48. The van der Waals surface area contributed by atoms with Crippen LogP contribution in [0.1, 0.15) is 0 Å². The van der Waals surface area contributed by atoms with Crippen molar-refractivity contribution in [3.63, 3.8) is 0 Å². The number of hydrogen-bond acceptors (Lipinski definition) is 3. The van der Waals surface area contributed by atoms with Crippen molar-refractivity contribution in [3.8, 4) is 11.6 Å². The number of hydrogen-bond donors (Lipinski definition) is 0. The Kier molecular flexibility index (Phi) is 2.64. The third-order valence-electron chi connectivity index (χ3n) is 2.19. The Morgan fingerprint density at radius 3 is 2.67 bits per heavy atom. The largest absolute Gasteiger partial charge is 0.495 e. The van der Waals surface area contributed by atoms with Crippen LogP contribution in [0.2, 0.25) is 5.02 Å². The highest BCUT2D eigenvalue weighted by atomic mass is 35.5. The first kappa shape index (κ1) is 10.1. The number of rotatable bonds is 2. The van der Waals surface area contributed by atoms with Gasteiger partial charge >= 0.3 is 0 Å². The second-order valence-electron chi connectivity index (χ2n) is 3.03. The van der Waals surface area contributed by atoms with Crippen molar-refractivity contribution in [1.29, 1.82) is 0 Å². The summed E-state index contributed by atoms with van der Waals surface area (Å²) >= 11 is 6.02. The van der Waals surface area contributed by atoms with Gasteiger partial charge in [-0.05, 0) is 23.6 Å². The quantitative estimate of drug-likeness (QED) is 0.785. The van der Waals surface area contributed by atoms with E-state index in [4.69, 9.17) is 21.1 Å². The van der Waals surface area contributed by atoms with E-state index in [0.717, 1.165) is 10.8 Å². The molecule has 0 saturated heterocycles. The molecule has 3 nitrogen and oxygen atoms in total. The van der Waals surface area contributed by atoms with Gasteiger partial charge in [-0.1, -0.05) is 11.6 Å². The van der Waals surface area contributed by atoms with E-state index in [9.17, 15) is 0 Å². The number of methoxy groups -OCH3 is 2. The Morgan fingerprint density at radius 2 is 2.00 bits per heavy atom. The molecular formula is C11H10ClNO2. The zero-order valence-electron chi connectivity index (χ0n) is 8.45. The lowest BCUT2D eigenvalue weighted by molar-refractivity contribution is 0.403. The molecule has 2 aromatic rings. The number of fused-ring (bicyclic) bond motifs is 1. The van der Waals surface area contributed by atoms with E-state index in [1.54, 1.807) is 26.5 Å². The van der Waals surface area contributed by atoms with Crippen molar-refractivity contribution < 1.29 is 9.47 Å².